The number of anilines is 1. The number of benzene rings is 1. The van der Waals surface area contributed by atoms with Crippen molar-refractivity contribution in [2.75, 3.05) is 5.73 Å². The third kappa shape index (κ3) is 2.46. The van der Waals surface area contributed by atoms with Crippen molar-refractivity contribution in [1.29, 1.82) is 0 Å². The summed E-state index contributed by atoms with van der Waals surface area (Å²) >= 11 is 0. The van der Waals surface area contributed by atoms with Gasteiger partial charge in [0.1, 0.15) is 5.65 Å². The molecule has 0 aliphatic heterocycles. The number of aromatic amines is 1. The number of H-pyrrole nitrogens is 1. The fraction of sp³-hybridized carbons (Fsp3) is 0.294. The van der Waals surface area contributed by atoms with Crippen LogP contribution >= 0.6 is 0 Å². The summed E-state index contributed by atoms with van der Waals surface area (Å²) in [6.45, 7) is 0.360. The summed E-state index contributed by atoms with van der Waals surface area (Å²) in [5, 5.41) is 10.7. The molecule has 6 N–H and O–H groups in total. The zero-order valence-corrected chi connectivity index (χ0v) is 12.7. The minimum atomic E-state index is -0.0323. The SMILES string of the molecule is NCc1cc2c(-c3ccc(C4CC4)cc3CO)nc(N)nc2[nH]1. The van der Waals surface area contributed by atoms with Gasteiger partial charge in [0.2, 0.25) is 5.95 Å². The van der Waals surface area contributed by atoms with E-state index in [0.29, 0.717) is 18.1 Å². The van der Waals surface area contributed by atoms with E-state index in [-0.39, 0.29) is 12.6 Å². The molecular weight excluding hydrogens is 290 g/mol. The molecule has 1 fully saturated rings. The van der Waals surface area contributed by atoms with Gasteiger partial charge in [0, 0.05) is 23.2 Å². The Hall–Kier alpha value is -2.44. The topological polar surface area (TPSA) is 114 Å². The Morgan fingerprint density at radius 3 is 2.74 bits per heavy atom. The van der Waals surface area contributed by atoms with Crippen LogP contribution in [0.15, 0.2) is 24.3 Å². The summed E-state index contributed by atoms with van der Waals surface area (Å²) in [6.07, 6.45) is 2.46. The lowest BCUT2D eigenvalue weighted by atomic mass is 9.98. The van der Waals surface area contributed by atoms with Crippen molar-refractivity contribution in [3.05, 3.63) is 41.1 Å². The summed E-state index contributed by atoms with van der Waals surface area (Å²) < 4.78 is 0. The summed E-state index contributed by atoms with van der Waals surface area (Å²) in [5.41, 5.74) is 16.9. The van der Waals surface area contributed by atoms with Gasteiger partial charge in [0.05, 0.1) is 12.3 Å². The van der Waals surface area contributed by atoms with E-state index in [4.69, 9.17) is 11.5 Å². The minimum absolute atomic E-state index is 0.0323. The Morgan fingerprint density at radius 1 is 1.22 bits per heavy atom. The molecule has 6 nitrogen and oxygen atoms in total. The number of rotatable bonds is 4. The molecule has 0 unspecified atom stereocenters. The molecule has 0 radical (unpaired) electrons. The quantitative estimate of drug-likeness (QED) is 0.589. The maximum atomic E-state index is 9.80. The molecule has 1 aliphatic rings. The van der Waals surface area contributed by atoms with Crippen LogP contribution in [0.4, 0.5) is 5.95 Å². The van der Waals surface area contributed by atoms with E-state index in [1.54, 1.807) is 0 Å². The molecule has 0 amide bonds. The molecule has 0 atom stereocenters. The average Bonchev–Trinajstić information content (AvgIpc) is 3.33. The Morgan fingerprint density at radius 2 is 2.04 bits per heavy atom. The smallest absolute Gasteiger partial charge is 0.222 e. The minimum Gasteiger partial charge on any atom is -0.392 e. The second-order valence-corrected chi connectivity index (χ2v) is 6.04. The Bertz CT molecular complexity index is 882. The van der Waals surface area contributed by atoms with Gasteiger partial charge in [-0.15, -0.1) is 0 Å². The molecule has 23 heavy (non-hydrogen) atoms. The molecule has 2 aromatic heterocycles. The van der Waals surface area contributed by atoms with E-state index in [1.165, 1.54) is 18.4 Å². The van der Waals surface area contributed by atoms with E-state index in [2.05, 4.69) is 27.1 Å². The van der Waals surface area contributed by atoms with Gasteiger partial charge in [-0.25, -0.2) is 4.98 Å². The zero-order chi connectivity index (χ0) is 16.0. The third-order valence-electron chi connectivity index (χ3n) is 4.38. The molecule has 3 aromatic rings. The van der Waals surface area contributed by atoms with Crippen LogP contribution in [0, 0.1) is 0 Å². The van der Waals surface area contributed by atoms with E-state index < -0.39 is 0 Å². The molecule has 0 spiro atoms. The van der Waals surface area contributed by atoms with Crippen LogP contribution in [0.2, 0.25) is 0 Å². The molecule has 1 aromatic carbocycles. The second kappa shape index (κ2) is 5.33. The third-order valence-corrected chi connectivity index (χ3v) is 4.38. The van der Waals surface area contributed by atoms with Crippen molar-refractivity contribution in [3.63, 3.8) is 0 Å². The lowest BCUT2D eigenvalue weighted by Gasteiger charge is -2.11. The number of aliphatic hydroxyl groups excluding tert-OH is 1. The molecule has 6 heteroatoms. The molecule has 2 heterocycles. The number of nitrogens with one attached hydrogen (secondary N) is 1. The van der Waals surface area contributed by atoms with Gasteiger partial charge in [0.25, 0.3) is 0 Å². The fourth-order valence-corrected chi connectivity index (χ4v) is 3.04. The van der Waals surface area contributed by atoms with Gasteiger partial charge >= 0.3 is 0 Å². The number of nitrogens with two attached hydrogens (primary N) is 2. The number of nitrogen functional groups attached to an aromatic ring is 1. The summed E-state index contributed by atoms with van der Waals surface area (Å²) in [5.74, 6) is 0.842. The van der Waals surface area contributed by atoms with Crippen LogP contribution in [0.5, 0.6) is 0 Å². The molecule has 1 aliphatic carbocycles. The summed E-state index contributed by atoms with van der Waals surface area (Å²) in [6, 6.07) is 8.16. The monoisotopic (exact) mass is 309 g/mol. The van der Waals surface area contributed by atoms with Crippen molar-refractivity contribution >= 4 is 17.0 Å². The molecule has 0 saturated heterocycles. The predicted molar refractivity (Wildman–Crippen MR) is 89.5 cm³/mol. The maximum absolute atomic E-state index is 9.80. The standard InChI is InChI=1S/C17H19N5O/c18-7-12-6-14-15(21-17(19)22-16(14)20-12)13-4-3-10(9-1-2-9)5-11(13)8-23/h3-6,9,23H,1-2,7-8,18H2,(H3,19,20,21,22). The first-order valence-corrected chi connectivity index (χ1v) is 7.79. The van der Waals surface area contributed by atoms with Gasteiger partial charge in [-0.2, -0.15) is 4.98 Å². The largest absolute Gasteiger partial charge is 0.392 e. The number of nitrogens with zero attached hydrogens (tertiary/aromatic N) is 2. The van der Waals surface area contributed by atoms with Crippen molar-refractivity contribution in [2.24, 2.45) is 5.73 Å². The van der Waals surface area contributed by atoms with Gasteiger partial charge in [-0.1, -0.05) is 18.2 Å². The van der Waals surface area contributed by atoms with Crippen molar-refractivity contribution in [2.45, 2.75) is 31.9 Å². The fourth-order valence-electron chi connectivity index (χ4n) is 3.04. The molecule has 4 rings (SSSR count). The Labute approximate surface area is 133 Å². The first-order chi connectivity index (χ1) is 11.2. The maximum Gasteiger partial charge on any atom is 0.222 e. The van der Waals surface area contributed by atoms with E-state index in [1.807, 2.05) is 12.1 Å². The number of hydrogen-bond acceptors (Lipinski definition) is 5. The molecule has 118 valence electrons. The van der Waals surface area contributed by atoms with Crippen molar-refractivity contribution in [3.8, 4) is 11.3 Å². The second-order valence-electron chi connectivity index (χ2n) is 6.04. The van der Waals surface area contributed by atoms with Crippen molar-refractivity contribution in [1.82, 2.24) is 15.0 Å². The van der Waals surface area contributed by atoms with Gasteiger partial charge in [-0.05, 0) is 36.0 Å². The molecule has 0 bridgehead atoms. The van der Waals surface area contributed by atoms with Crippen molar-refractivity contribution < 1.29 is 5.11 Å². The van der Waals surface area contributed by atoms with Gasteiger partial charge in [-0.3, -0.25) is 0 Å². The lowest BCUT2D eigenvalue weighted by molar-refractivity contribution is 0.282. The van der Waals surface area contributed by atoms with Crippen LogP contribution in [0.3, 0.4) is 0 Å². The number of fused-ring (bicyclic) bond motifs is 1. The highest BCUT2D eigenvalue weighted by Gasteiger charge is 2.24. The van der Waals surface area contributed by atoms with Gasteiger partial charge in [0.15, 0.2) is 0 Å². The first-order valence-electron chi connectivity index (χ1n) is 7.79. The van der Waals surface area contributed by atoms with Crippen LogP contribution in [0.25, 0.3) is 22.3 Å². The summed E-state index contributed by atoms with van der Waals surface area (Å²) in [4.78, 5) is 11.8. The highest BCUT2D eigenvalue weighted by atomic mass is 16.3. The molecule has 1 saturated carbocycles. The zero-order valence-electron chi connectivity index (χ0n) is 12.7. The Kier molecular flexibility index (Phi) is 3.28. The number of aromatic nitrogens is 3. The normalized spacial score (nSPS) is 14.5. The average molecular weight is 309 g/mol. The number of hydrogen-bond donors (Lipinski definition) is 4. The van der Waals surface area contributed by atoms with Gasteiger partial charge < -0.3 is 21.6 Å². The highest BCUT2D eigenvalue weighted by molar-refractivity contribution is 5.93. The predicted octanol–water partition coefficient (Wildman–Crippen LogP) is 2.04. The van der Waals surface area contributed by atoms with E-state index in [9.17, 15) is 5.11 Å². The molecular formula is C17H19N5O. The summed E-state index contributed by atoms with van der Waals surface area (Å²) in [7, 11) is 0. The van der Waals surface area contributed by atoms with Crippen LogP contribution in [-0.4, -0.2) is 20.1 Å². The highest BCUT2D eigenvalue weighted by Crippen LogP contribution is 2.41. The van der Waals surface area contributed by atoms with E-state index in [0.717, 1.165) is 27.9 Å². The van der Waals surface area contributed by atoms with Crippen LogP contribution in [0.1, 0.15) is 35.6 Å². The van der Waals surface area contributed by atoms with E-state index >= 15 is 0 Å². The first kappa shape index (κ1) is 14.2. The number of aliphatic hydroxyl groups is 1. The van der Waals surface area contributed by atoms with Crippen LogP contribution in [-0.2, 0) is 13.2 Å². The van der Waals surface area contributed by atoms with Crippen LogP contribution < -0.4 is 11.5 Å². The Balaban J connectivity index is 1.92. The lowest BCUT2D eigenvalue weighted by Crippen LogP contribution is -2.00.